The van der Waals surface area contributed by atoms with Gasteiger partial charge in [0.15, 0.2) is 0 Å². The molecular formula is C56H54N4S. The second-order valence-electron chi connectivity index (χ2n) is 16.1. The number of hydrogen-bond acceptors (Lipinski definition) is 4. The Bertz CT molecular complexity index is 2790. The Morgan fingerprint density at radius 3 is 2.61 bits per heavy atom. The van der Waals surface area contributed by atoms with Crippen molar-refractivity contribution in [2.75, 3.05) is 0 Å². The number of aliphatic imine (C=N–C) groups is 1. The summed E-state index contributed by atoms with van der Waals surface area (Å²) in [5.74, 6) is 0.408. The molecule has 2 aromatic heterocycles. The zero-order valence-electron chi connectivity index (χ0n) is 35.8. The predicted molar refractivity (Wildman–Crippen MR) is 262 cm³/mol. The maximum atomic E-state index is 9.55. The summed E-state index contributed by atoms with van der Waals surface area (Å²) in [6, 6.07) is 28.9. The molecule has 0 fully saturated rings. The average Bonchev–Trinajstić information content (AvgIpc) is 3.88. The topological polar surface area (TPSA) is 53.1 Å². The van der Waals surface area contributed by atoms with Crippen LogP contribution in [0.1, 0.15) is 115 Å². The van der Waals surface area contributed by atoms with Crippen LogP contribution < -0.4 is 5.32 Å². The van der Waals surface area contributed by atoms with Crippen LogP contribution in [0.25, 0.3) is 39.6 Å². The van der Waals surface area contributed by atoms with Crippen LogP contribution in [0.5, 0.6) is 0 Å². The van der Waals surface area contributed by atoms with Gasteiger partial charge in [-0.25, -0.2) is 0 Å². The molecule has 3 aliphatic rings. The number of nitriles is 1. The predicted octanol–water partition coefficient (Wildman–Crippen LogP) is 14.7. The highest BCUT2D eigenvalue weighted by Gasteiger charge is 2.24. The molecule has 3 heterocycles. The fraction of sp³-hybridized carbons (Fsp3) is 0.214. The van der Waals surface area contributed by atoms with Crippen LogP contribution in [-0.2, 0) is 12.8 Å². The summed E-state index contributed by atoms with van der Waals surface area (Å²) in [6.07, 6.45) is 33.7. The first-order valence-corrected chi connectivity index (χ1v) is 22.5. The van der Waals surface area contributed by atoms with Crippen molar-refractivity contribution in [3.63, 3.8) is 0 Å². The van der Waals surface area contributed by atoms with E-state index < -0.39 is 0 Å². The fourth-order valence-corrected chi connectivity index (χ4v) is 9.98. The molecular weight excluding hydrogens is 761 g/mol. The average molecular weight is 815 g/mol. The van der Waals surface area contributed by atoms with E-state index in [1.807, 2.05) is 36.5 Å². The maximum absolute atomic E-state index is 9.55. The summed E-state index contributed by atoms with van der Waals surface area (Å²) in [6.45, 7) is 12.8. The lowest BCUT2D eigenvalue weighted by Gasteiger charge is -2.27. The van der Waals surface area contributed by atoms with Gasteiger partial charge in [-0.2, -0.15) is 5.26 Å². The molecule has 5 aromatic rings. The highest BCUT2D eigenvalue weighted by molar-refractivity contribution is 7.19. The minimum Gasteiger partial charge on any atom is -0.360 e. The number of aryl methyl sites for hydroxylation is 1. The minimum absolute atomic E-state index is 0.302. The molecule has 0 amide bonds. The minimum atomic E-state index is -0.302. The summed E-state index contributed by atoms with van der Waals surface area (Å²) in [7, 11) is 0. The largest absolute Gasteiger partial charge is 0.360 e. The van der Waals surface area contributed by atoms with Crippen LogP contribution in [0.2, 0.25) is 0 Å². The summed E-state index contributed by atoms with van der Waals surface area (Å²) in [4.78, 5) is 6.80. The quantitative estimate of drug-likeness (QED) is 0.0951. The van der Waals surface area contributed by atoms with Gasteiger partial charge in [0, 0.05) is 43.3 Å². The first kappa shape index (κ1) is 41.3. The second-order valence-corrected chi connectivity index (χ2v) is 17.2. The summed E-state index contributed by atoms with van der Waals surface area (Å²) in [5, 5.41) is 14.7. The van der Waals surface area contributed by atoms with E-state index in [1.165, 1.54) is 54.1 Å². The number of aromatic nitrogens is 1. The highest BCUT2D eigenvalue weighted by atomic mass is 32.1. The molecule has 0 bridgehead atoms. The zero-order valence-corrected chi connectivity index (χ0v) is 36.6. The van der Waals surface area contributed by atoms with Gasteiger partial charge in [-0.1, -0.05) is 136 Å². The van der Waals surface area contributed by atoms with E-state index in [2.05, 4.69) is 177 Å². The van der Waals surface area contributed by atoms with E-state index in [-0.39, 0.29) is 6.17 Å². The van der Waals surface area contributed by atoms with E-state index in [1.54, 1.807) is 0 Å². The molecule has 304 valence electrons. The highest BCUT2D eigenvalue weighted by Crippen LogP contribution is 2.42. The lowest BCUT2D eigenvalue weighted by molar-refractivity contribution is 0.624. The van der Waals surface area contributed by atoms with Gasteiger partial charge in [-0.05, 0) is 139 Å². The summed E-state index contributed by atoms with van der Waals surface area (Å²) in [5.41, 5.74) is 15.9. The molecule has 1 aliphatic heterocycles. The Morgan fingerprint density at radius 1 is 1.00 bits per heavy atom. The third-order valence-corrected chi connectivity index (χ3v) is 13.2. The molecule has 0 radical (unpaired) electrons. The Kier molecular flexibility index (Phi) is 12.7. The number of fused-ring (bicyclic) bond motifs is 2. The number of nitrogens with zero attached hydrogens (tertiary/aromatic N) is 3. The van der Waals surface area contributed by atoms with Gasteiger partial charge in [0.25, 0.3) is 0 Å². The normalized spacial score (nSPS) is 16.8. The lowest BCUT2D eigenvalue weighted by Crippen LogP contribution is -2.27. The Balaban J connectivity index is 1.30. The Labute approximate surface area is 366 Å². The van der Waals surface area contributed by atoms with Crippen molar-refractivity contribution < 1.29 is 0 Å². The monoisotopic (exact) mass is 814 g/mol. The van der Waals surface area contributed by atoms with E-state index in [0.717, 1.165) is 72.4 Å². The van der Waals surface area contributed by atoms with Crippen molar-refractivity contribution in [2.24, 2.45) is 4.99 Å². The number of thiophene rings is 1. The molecule has 5 heteroatoms. The molecule has 3 aromatic carbocycles. The van der Waals surface area contributed by atoms with Gasteiger partial charge in [-0.3, -0.25) is 4.99 Å². The number of nitrogens with one attached hydrogen (secondary N) is 1. The van der Waals surface area contributed by atoms with Crippen LogP contribution in [0, 0.1) is 11.3 Å². The van der Waals surface area contributed by atoms with Crippen molar-refractivity contribution in [1.29, 1.82) is 5.26 Å². The van der Waals surface area contributed by atoms with Crippen LogP contribution in [0.3, 0.4) is 0 Å². The zero-order chi connectivity index (χ0) is 42.3. The van der Waals surface area contributed by atoms with E-state index in [9.17, 15) is 5.26 Å². The number of allylic oxidation sites excluding steroid dienone is 12. The second kappa shape index (κ2) is 18.8. The molecule has 4 nitrogen and oxygen atoms in total. The molecule has 8 rings (SSSR count). The molecule has 2 aliphatic carbocycles. The third kappa shape index (κ3) is 8.87. The molecule has 1 N–H and O–H groups in total. The van der Waals surface area contributed by atoms with Crippen molar-refractivity contribution >= 4 is 50.9 Å². The van der Waals surface area contributed by atoms with E-state index in [4.69, 9.17) is 4.99 Å². The molecule has 61 heavy (non-hydrogen) atoms. The van der Waals surface area contributed by atoms with Crippen molar-refractivity contribution in [2.45, 2.75) is 78.3 Å². The van der Waals surface area contributed by atoms with Gasteiger partial charge in [-0.15, -0.1) is 11.3 Å². The standard InChI is InChI=1S/C56H54N4S/c1-6-20-43(49-28-19-29-50-48(8-3)54(38(4)5)61-55(49)50)33-47-34-44-27-17-18-30-53(44)60(47)46-32-40(22-16-15-21-39(7-2)37-57)31-45(35-46)56-58-51(41-23-11-9-12-24-41)36-52(59-56)42-25-13-10-14-26-42/h6-9,11-13,15,17,19-21,23-29,31-36,38,56,59H,3,10,14,16,18,22,30H2,1-2,4-5H3/b20-6-,21-15-,39-7+,43-33+. The fourth-order valence-electron chi connectivity index (χ4n) is 8.64. The van der Waals surface area contributed by atoms with E-state index in [0.29, 0.717) is 11.5 Å². The molecule has 1 unspecified atom stereocenters. The SMILES string of the molecule is C=Cc1c(C(C)C)sc2c(C(/C=C\C)=C/c3cc4c(n3-c3cc(CC/C=C\C(C#N)=C/C)cc(C5N=C(c6ccccc6)C=C(C6=CCCC=C6)N5)c3)CCC=C4)cccc12. The van der Waals surface area contributed by atoms with Crippen molar-refractivity contribution in [3.8, 4) is 11.8 Å². The smallest absolute Gasteiger partial charge is 0.145 e. The van der Waals surface area contributed by atoms with Crippen LogP contribution in [0.15, 0.2) is 162 Å². The first-order chi connectivity index (χ1) is 29.9. The third-order valence-electron chi connectivity index (χ3n) is 11.6. The number of hydrogen-bond donors (Lipinski definition) is 1. The van der Waals surface area contributed by atoms with Crippen LogP contribution >= 0.6 is 11.3 Å². The first-order valence-electron chi connectivity index (χ1n) is 21.7. The Morgan fingerprint density at radius 2 is 1.85 bits per heavy atom. The van der Waals surface area contributed by atoms with Gasteiger partial charge in [0.2, 0.25) is 0 Å². The van der Waals surface area contributed by atoms with Crippen LogP contribution in [-0.4, -0.2) is 10.3 Å². The van der Waals surface area contributed by atoms with Crippen LogP contribution in [0.4, 0.5) is 0 Å². The van der Waals surface area contributed by atoms with Crippen molar-refractivity contribution in [3.05, 3.63) is 207 Å². The summed E-state index contributed by atoms with van der Waals surface area (Å²) < 4.78 is 3.79. The van der Waals surface area contributed by atoms with Gasteiger partial charge < -0.3 is 9.88 Å². The lowest BCUT2D eigenvalue weighted by atomic mass is 9.97. The Hall–Kier alpha value is -6.48. The van der Waals surface area contributed by atoms with Gasteiger partial charge >= 0.3 is 0 Å². The number of rotatable bonds is 13. The van der Waals surface area contributed by atoms with E-state index >= 15 is 0 Å². The van der Waals surface area contributed by atoms with Gasteiger partial charge in [0.1, 0.15) is 6.17 Å². The van der Waals surface area contributed by atoms with Crippen molar-refractivity contribution in [1.82, 2.24) is 9.88 Å². The molecule has 0 spiro atoms. The van der Waals surface area contributed by atoms with Gasteiger partial charge in [0.05, 0.1) is 11.8 Å². The maximum Gasteiger partial charge on any atom is 0.145 e. The molecule has 0 saturated heterocycles. The summed E-state index contributed by atoms with van der Waals surface area (Å²) >= 11 is 1.90. The number of benzene rings is 3. The molecule has 0 saturated carbocycles. The molecule has 1 atom stereocenters.